The third-order valence-corrected chi connectivity index (χ3v) is 3.41. The first-order valence-electron chi connectivity index (χ1n) is 6.02. The molecule has 0 atom stereocenters. The third-order valence-electron chi connectivity index (χ3n) is 2.75. The topological polar surface area (TPSA) is 38.7 Å². The van der Waals surface area contributed by atoms with Gasteiger partial charge in [-0.25, -0.2) is 0 Å². The molecule has 0 aliphatic rings. The summed E-state index contributed by atoms with van der Waals surface area (Å²) in [6.45, 7) is 0. The van der Waals surface area contributed by atoms with Gasteiger partial charge in [-0.2, -0.15) is 0 Å². The van der Waals surface area contributed by atoms with Crippen molar-refractivity contribution >= 4 is 4.42 Å². The summed E-state index contributed by atoms with van der Waals surface area (Å²) < 4.78 is 0.854. The third kappa shape index (κ3) is 3.35. The number of nitrogens with zero attached hydrogens (tertiary/aromatic N) is 3. The average molecular weight is 378 g/mol. The molecule has 94 valence electrons. The summed E-state index contributed by atoms with van der Waals surface area (Å²) in [4.78, 5) is 13.5. The van der Waals surface area contributed by atoms with Gasteiger partial charge in [-0.3, -0.25) is 0 Å². The number of rotatable bonds is 2. The van der Waals surface area contributed by atoms with Crippen molar-refractivity contribution in [2.45, 2.75) is 0 Å². The number of hydrogen-bond acceptors (Lipinski definition) is 3. The van der Waals surface area contributed by atoms with Crippen molar-refractivity contribution in [3.8, 4) is 22.8 Å². The summed E-state index contributed by atoms with van der Waals surface area (Å²) in [5, 5.41) is 0. The van der Waals surface area contributed by atoms with E-state index in [4.69, 9.17) is 0 Å². The van der Waals surface area contributed by atoms with E-state index < -0.39 is 0 Å². The number of hydrogen-bond donors (Lipinski definition) is 0. The maximum absolute atomic E-state index is 4.57. The molecule has 1 aromatic heterocycles. The Hall–Kier alpha value is -1.45. The van der Waals surface area contributed by atoms with Gasteiger partial charge in [-0.05, 0) is 0 Å². The van der Waals surface area contributed by atoms with Crippen LogP contribution >= 0.6 is 0 Å². The number of halogens is 1. The van der Waals surface area contributed by atoms with E-state index in [-0.39, 0.29) is 17.0 Å². The molecule has 0 spiro atoms. The predicted octanol–water partition coefficient (Wildman–Crippen LogP) is -0.618. The molecular weight excluding hydrogens is 367 g/mol. The van der Waals surface area contributed by atoms with E-state index in [9.17, 15) is 0 Å². The van der Waals surface area contributed by atoms with Crippen molar-refractivity contribution in [1.29, 1.82) is 0 Å². The Morgan fingerprint density at radius 3 is 1.40 bits per heavy atom. The molecule has 2 aromatic carbocycles. The summed E-state index contributed by atoms with van der Waals surface area (Å²) in [6, 6.07) is 20.0. The Morgan fingerprint density at radius 2 is 1.00 bits per heavy atom. The minimum absolute atomic E-state index is 0. The summed E-state index contributed by atoms with van der Waals surface area (Å²) in [6.07, 6.45) is 0. The molecular formula is C15H10BrN3Zn. The van der Waals surface area contributed by atoms with E-state index in [0.717, 1.165) is 45.5 Å². The molecule has 0 amide bonds. The monoisotopic (exact) mass is 375 g/mol. The predicted molar refractivity (Wildman–Crippen MR) is 70.3 cm³/mol. The van der Waals surface area contributed by atoms with Gasteiger partial charge in [-0.15, -0.1) is 0 Å². The standard InChI is InChI=1S/C15H10N3.BrH.Zn/c1-3-7-12(8-4-1)14-16-11-17-15(18-14)13-9-5-2-6-10-13;;/h1-10H;1H;/q;;+1/p-1. The van der Waals surface area contributed by atoms with E-state index in [0.29, 0.717) is 0 Å². The molecule has 0 aliphatic carbocycles. The van der Waals surface area contributed by atoms with Crippen LogP contribution in [0, 0.1) is 0 Å². The van der Waals surface area contributed by atoms with E-state index in [1.165, 1.54) is 0 Å². The van der Waals surface area contributed by atoms with Crippen LogP contribution in [0.2, 0.25) is 0 Å². The molecule has 3 rings (SSSR count). The van der Waals surface area contributed by atoms with Gasteiger partial charge in [0.25, 0.3) is 0 Å². The summed E-state index contributed by atoms with van der Waals surface area (Å²) in [7, 11) is 0. The van der Waals surface area contributed by atoms with E-state index in [2.05, 4.69) is 15.0 Å². The van der Waals surface area contributed by atoms with Crippen molar-refractivity contribution in [2.24, 2.45) is 0 Å². The second-order valence-corrected chi connectivity index (χ2v) is 5.46. The summed E-state index contributed by atoms with van der Waals surface area (Å²) in [5.74, 6) is 1.49. The molecule has 20 heavy (non-hydrogen) atoms. The molecule has 0 radical (unpaired) electrons. The molecule has 0 bridgehead atoms. The van der Waals surface area contributed by atoms with Gasteiger partial charge < -0.3 is 17.0 Å². The van der Waals surface area contributed by atoms with Gasteiger partial charge >= 0.3 is 121 Å². The Kier molecular flexibility index (Phi) is 5.10. The zero-order chi connectivity index (χ0) is 13.1. The molecule has 0 N–H and O–H groups in total. The zero-order valence-electron chi connectivity index (χ0n) is 10.7. The van der Waals surface area contributed by atoms with Crippen molar-refractivity contribution in [2.75, 3.05) is 0 Å². The van der Waals surface area contributed by atoms with Crippen molar-refractivity contribution < 1.29 is 35.3 Å². The molecule has 3 nitrogen and oxygen atoms in total. The Bertz CT molecular complexity index is 632. The first-order valence-corrected chi connectivity index (χ1v) is 7.50. The van der Waals surface area contributed by atoms with E-state index in [1.807, 2.05) is 60.7 Å². The minimum atomic E-state index is 0. The Balaban J connectivity index is 0.00000147. The van der Waals surface area contributed by atoms with Crippen LogP contribution in [0.1, 0.15) is 0 Å². The molecule has 0 aliphatic heterocycles. The molecule has 0 saturated heterocycles. The van der Waals surface area contributed by atoms with Gasteiger partial charge in [0.15, 0.2) is 0 Å². The molecule has 0 saturated carbocycles. The van der Waals surface area contributed by atoms with Gasteiger partial charge in [0.2, 0.25) is 0 Å². The van der Waals surface area contributed by atoms with Crippen LogP contribution in [0.4, 0.5) is 0 Å². The molecule has 5 heteroatoms. The normalized spacial score (nSPS) is 9.90. The van der Waals surface area contributed by atoms with Crippen LogP contribution in [0.5, 0.6) is 0 Å². The fourth-order valence-corrected chi connectivity index (χ4v) is 2.48. The quantitative estimate of drug-likeness (QED) is 0.559. The van der Waals surface area contributed by atoms with Crippen LogP contribution in [-0.2, 0) is 18.3 Å². The fraction of sp³-hybridized carbons (Fsp3) is 0. The summed E-state index contributed by atoms with van der Waals surface area (Å²) in [5.41, 5.74) is 2.05. The van der Waals surface area contributed by atoms with Gasteiger partial charge in [0.05, 0.1) is 0 Å². The Labute approximate surface area is 138 Å². The van der Waals surface area contributed by atoms with Crippen LogP contribution in [0.15, 0.2) is 60.7 Å². The zero-order valence-corrected chi connectivity index (χ0v) is 15.3. The van der Waals surface area contributed by atoms with Gasteiger partial charge in [0, 0.05) is 0 Å². The first kappa shape index (κ1) is 15.0. The van der Waals surface area contributed by atoms with Gasteiger partial charge in [0.1, 0.15) is 0 Å². The SMILES string of the molecule is [Br-].[Zn+][c]1nc(-c2ccccc2)nc(-c2ccccc2)n1. The van der Waals surface area contributed by atoms with Crippen LogP contribution < -0.4 is 21.4 Å². The van der Waals surface area contributed by atoms with Gasteiger partial charge in [-0.1, -0.05) is 0 Å². The number of benzene rings is 2. The van der Waals surface area contributed by atoms with E-state index in [1.54, 1.807) is 0 Å². The molecule has 3 aromatic rings. The molecule has 0 unspecified atom stereocenters. The number of aromatic nitrogens is 3. The van der Waals surface area contributed by atoms with Crippen molar-refractivity contribution in [3.63, 3.8) is 0 Å². The van der Waals surface area contributed by atoms with E-state index >= 15 is 0 Å². The average Bonchev–Trinajstić information content (AvgIpc) is 2.48. The Morgan fingerprint density at radius 1 is 0.600 bits per heavy atom. The first-order chi connectivity index (χ1) is 9.33. The molecule has 0 fully saturated rings. The fourth-order valence-electron chi connectivity index (χ4n) is 1.85. The van der Waals surface area contributed by atoms with Crippen molar-refractivity contribution in [1.82, 2.24) is 15.0 Å². The van der Waals surface area contributed by atoms with Crippen LogP contribution in [0.25, 0.3) is 22.8 Å². The summed E-state index contributed by atoms with van der Waals surface area (Å²) >= 11 is 0.919. The van der Waals surface area contributed by atoms with Crippen molar-refractivity contribution in [3.05, 3.63) is 60.7 Å². The maximum atomic E-state index is 4.57. The molecule has 1 heterocycles. The second kappa shape index (κ2) is 6.82. The van der Waals surface area contributed by atoms with Crippen LogP contribution in [-0.4, -0.2) is 15.0 Å². The second-order valence-electron chi connectivity index (χ2n) is 4.13. The van der Waals surface area contributed by atoms with Crippen LogP contribution in [0.3, 0.4) is 0 Å².